The molecule has 3 aliphatic rings. The Labute approximate surface area is 124 Å². The van der Waals surface area contributed by atoms with Crippen LogP contribution in [-0.2, 0) is 9.47 Å². The van der Waals surface area contributed by atoms with Gasteiger partial charge in [0.25, 0.3) is 0 Å². The van der Waals surface area contributed by atoms with Gasteiger partial charge in [0, 0.05) is 25.6 Å². The quantitative estimate of drug-likeness (QED) is 0.906. The molecule has 1 N–H and O–H groups in total. The van der Waals surface area contributed by atoms with E-state index in [1.54, 1.807) is 12.5 Å². The number of para-hydroxylation sites is 1. The van der Waals surface area contributed by atoms with Crippen LogP contribution in [-0.4, -0.2) is 32.5 Å². The van der Waals surface area contributed by atoms with E-state index in [-0.39, 0.29) is 6.29 Å². The smallest absolute Gasteiger partial charge is 0.242 e. The molecule has 3 aliphatic heterocycles. The molecule has 0 bridgehead atoms. The Bertz CT molecular complexity index is 530. The molecule has 1 aromatic carbocycles. The monoisotopic (exact) mass is 288 g/mol. The Morgan fingerprint density at radius 3 is 2.71 bits per heavy atom. The number of rotatable bonds is 2. The van der Waals surface area contributed by atoms with Crippen molar-refractivity contribution in [1.29, 1.82) is 0 Å². The summed E-state index contributed by atoms with van der Waals surface area (Å²) in [6, 6.07) is 6.32. The first-order chi connectivity index (χ1) is 10.4. The average Bonchev–Trinajstić information content (AvgIpc) is 3.09. The van der Waals surface area contributed by atoms with Crippen molar-refractivity contribution in [1.82, 2.24) is 0 Å². The first kappa shape index (κ1) is 12.7. The van der Waals surface area contributed by atoms with Gasteiger partial charge in [0.15, 0.2) is 5.75 Å². The second-order valence-electron chi connectivity index (χ2n) is 5.67. The SMILES string of the molecule is C1=COC(C2CCN(c3cccc4c3OCCN4)CC2)O1. The number of hydrogen-bond donors (Lipinski definition) is 1. The summed E-state index contributed by atoms with van der Waals surface area (Å²) in [7, 11) is 0. The van der Waals surface area contributed by atoms with Crippen LogP contribution in [0.25, 0.3) is 0 Å². The number of benzene rings is 1. The third-order valence-electron chi connectivity index (χ3n) is 4.40. The Kier molecular flexibility index (Phi) is 3.25. The molecular formula is C16H20N2O3. The van der Waals surface area contributed by atoms with E-state index >= 15 is 0 Å². The Morgan fingerprint density at radius 2 is 1.90 bits per heavy atom. The highest BCUT2D eigenvalue weighted by Gasteiger charge is 2.31. The third-order valence-corrected chi connectivity index (χ3v) is 4.40. The van der Waals surface area contributed by atoms with Gasteiger partial charge in [0.1, 0.15) is 19.1 Å². The molecule has 21 heavy (non-hydrogen) atoms. The molecule has 5 nitrogen and oxygen atoms in total. The minimum absolute atomic E-state index is 0.0882. The van der Waals surface area contributed by atoms with Crippen LogP contribution < -0.4 is 15.0 Å². The van der Waals surface area contributed by atoms with Gasteiger partial charge in [-0.05, 0) is 25.0 Å². The maximum absolute atomic E-state index is 5.87. The van der Waals surface area contributed by atoms with E-state index in [1.807, 2.05) is 0 Å². The summed E-state index contributed by atoms with van der Waals surface area (Å²) in [5.41, 5.74) is 2.30. The molecule has 0 radical (unpaired) electrons. The maximum Gasteiger partial charge on any atom is 0.242 e. The predicted octanol–water partition coefficient (Wildman–Crippen LogP) is 2.55. The van der Waals surface area contributed by atoms with Gasteiger partial charge in [0.05, 0.1) is 11.4 Å². The standard InChI is InChI=1S/C16H20N2O3/c1-2-13-15(19-9-6-17-13)14(3-1)18-7-4-12(5-8-18)16-20-10-11-21-16/h1-3,10-12,16-17H,4-9H2. The first-order valence-corrected chi connectivity index (χ1v) is 7.62. The molecule has 0 amide bonds. The molecule has 0 spiro atoms. The Balaban J connectivity index is 1.46. The van der Waals surface area contributed by atoms with Crippen LogP contribution in [0.4, 0.5) is 11.4 Å². The molecule has 1 aromatic rings. The largest absolute Gasteiger partial charge is 0.487 e. The highest BCUT2D eigenvalue weighted by molar-refractivity contribution is 5.73. The molecule has 0 saturated carbocycles. The molecule has 3 heterocycles. The third kappa shape index (κ3) is 2.37. The van der Waals surface area contributed by atoms with E-state index in [0.717, 1.165) is 50.5 Å². The van der Waals surface area contributed by atoms with Crippen LogP contribution in [0.3, 0.4) is 0 Å². The van der Waals surface area contributed by atoms with Crippen molar-refractivity contribution in [2.24, 2.45) is 5.92 Å². The second kappa shape index (κ2) is 5.39. The molecule has 0 aromatic heterocycles. The van der Waals surface area contributed by atoms with Crippen molar-refractivity contribution in [2.75, 3.05) is 36.5 Å². The molecule has 1 fully saturated rings. The molecule has 4 rings (SSSR count). The van der Waals surface area contributed by atoms with Gasteiger partial charge < -0.3 is 24.4 Å². The molecule has 1 saturated heterocycles. The molecule has 0 aliphatic carbocycles. The lowest BCUT2D eigenvalue weighted by atomic mass is 9.95. The highest BCUT2D eigenvalue weighted by Crippen LogP contribution is 2.39. The van der Waals surface area contributed by atoms with Crippen molar-refractivity contribution < 1.29 is 14.2 Å². The van der Waals surface area contributed by atoms with Gasteiger partial charge in [-0.25, -0.2) is 0 Å². The van der Waals surface area contributed by atoms with Crippen LogP contribution >= 0.6 is 0 Å². The lowest BCUT2D eigenvalue weighted by Crippen LogP contribution is -2.38. The zero-order chi connectivity index (χ0) is 14.1. The van der Waals surface area contributed by atoms with Gasteiger partial charge in [-0.1, -0.05) is 6.07 Å². The zero-order valence-corrected chi connectivity index (χ0v) is 12.0. The number of anilines is 2. The fourth-order valence-electron chi connectivity index (χ4n) is 3.29. The topological polar surface area (TPSA) is 43.0 Å². The van der Waals surface area contributed by atoms with E-state index in [1.165, 1.54) is 5.69 Å². The number of hydrogen-bond acceptors (Lipinski definition) is 5. The molecule has 112 valence electrons. The first-order valence-electron chi connectivity index (χ1n) is 7.62. The molecule has 0 atom stereocenters. The zero-order valence-electron chi connectivity index (χ0n) is 12.0. The Hall–Kier alpha value is -2.04. The molecule has 5 heteroatoms. The van der Waals surface area contributed by atoms with Crippen molar-refractivity contribution in [3.63, 3.8) is 0 Å². The van der Waals surface area contributed by atoms with Crippen LogP contribution in [0.1, 0.15) is 12.8 Å². The van der Waals surface area contributed by atoms with E-state index in [9.17, 15) is 0 Å². The van der Waals surface area contributed by atoms with Crippen molar-refractivity contribution in [3.05, 3.63) is 30.7 Å². The van der Waals surface area contributed by atoms with Gasteiger partial charge in [-0.15, -0.1) is 0 Å². The van der Waals surface area contributed by atoms with Gasteiger partial charge in [-0.3, -0.25) is 0 Å². The number of fused-ring (bicyclic) bond motifs is 1. The highest BCUT2D eigenvalue weighted by atomic mass is 16.7. The maximum atomic E-state index is 5.87. The lowest BCUT2D eigenvalue weighted by Gasteiger charge is -2.36. The fraction of sp³-hybridized carbons (Fsp3) is 0.500. The summed E-state index contributed by atoms with van der Waals surface area (Å²) in [5.74, 6) is 1.46. The lowest BCUT2D eigenvalue weighted by molar-refractivity contribution is -0.0728. The summed E-state index contributed by atoms with van der Waals surface area (Å²) >= 11 is 0. The Morgan fingerprint density at radius 1 is 1.10 bits per heavy atom. The van der Waals surface area contributed by atoms with E-state index in [4.69, 9.17) is 14.2 Å². The summed E-state index contributed by atoms with van der Waals surface area (Å²) in [4.78, 5) is 2.41. The van der Waals surface area contributed by atoms with Gasteiger partial charge in [-0.2, -0.15) is 0 Å². The van der Waals surface area contributed by atoms with Crippen LogP contribution in [0, 0.1) is 5.92 Å². The number of nitrogens with zero attached hydrogens (tertiary/aromatic N) is 1. The summed E-state index contributed by atoms with van der Waals surface area (Å²) in [5, 5.41) is 3.40. The molecule has 0 unspecified atom stereocenters. The van der Waals surface area contributed by atoms with E-state index in [0.29, 0.717) is 5.92 Å². The minimum atomic E-state index is -0.0882. The van der Waals surface area contributed by atoms with Crippen LogP contribution in [0.5, 0.6) is 5.75 Å². The van der Waals surface area contributed by atoms with E-state index in [2.05, 4.69) is 28.4 Å². The summed E-state index contributed by atoms with van der Waals surface area (Å²) in [6.07, 6.45) is 5.34. The van der Waals surface area contributed by atoms with Crippen molar-refractivity contribution in [3.8, 4) is 5.75 Å². The number of piperidine rings is 1. The average molecular weight is 288 g/mol. The molecular weight excluding hydrogens is 268 g/mol. The second-order valence-corrected chi connectivity index (χ2v) is 5.67. The summed E-state index contributed by atoms with van der Waals surface area (Å²) < 4.78 is 16.8. The van der Waals surface area contributed by atoms with E-state index < -0.39 is 0 Å². The normalized spacial score (nSPS) is 22.0. The summed E-state index contributed by atoms with van der Waals surface area (Å²) in [6.45, 7) is 3.62. The van der Waals surface area contributed by atoms with Gasteiger partial charge in [0.2, 0.25) is 6.29 Å². The van der Waals surface area contributed by atoms with Crippen molar-refractivity contribution >= 4 is 11.4 Å². The predicted molar refractivity (Wildman–Crippen MR) is 80.5 cm³/mol. The van der Waals surface area contributed by atoms with Crippen LogP contribution in [0.15, 0.2) is 30.7 Å². The van der Waals surface area contributed by atoms with Gasteiger partial charge >= 0.3 is 0 Å². The number of ether oxygens (including phenoxy) is 3. The minimum Gasteiger partial charge on any atom is -0.487 e. The van der Waals surface area contributed by atoms with Crippen LogP contribution in [0.2, 0.25) is 0 Å². The van der Waals surface area contributed by atoms with Crippen molar-refractivity contribution in [2.45, 2.75) is 19.1 Å². The number of nitrogens with one attached hydrogen (secondary N) is 1. The fourth-order valence-corrected chi connectivity index (χ4v) is 3.29.